The van der Waals surface area contributed by atoms with Crippen molar-refractivity contribution in [3.05, 3.63) is 29.8 Å². The van der Waals surface area contributed by atoms with Crippen molar-refractivity contribution in [2.24, 2.45) is 0 Å². The van der Waals surface area contributed by atoms with E-state index >= 15 is 0 Å². The quantitative estimate of drug-likeness (QED) is 0.691. The Balaban J connectivity index is 2.83. The fourth-order valence-corrected chi connectivity index (χ4v) is 1.28. The monoisotopic (exact) mass is 203 g/mol. The maximum Gasteiger partial charge on any atom is 0.167 e. The van der Waals surface area contributed by atoms with E-state index in [2.05, 4.69) is 0 Å². The van der Waals surface area contributed by atoms with E-state index in [1.165, 1.54) is 0 Å². The highest BCUT2D eigenvalue weighted by atomic mass is 16.5. The molecule has 0 aromatic heterocycles. The predicted octanol–water partition coefficient (Wildman–Crippen LogP) is 2.57. The van der Waals surface area contributed by atoms with Crippen molar-refractivity contribution in [1.82, 2.24) is 0 Å². The lowest BCUT2D eigenvalue weighted by molar-refractivity contribution is 0.0980. The number of Topliss-reactive ketones (excluding diaryl/α,β-unsaturated/α-hetero) is 1. The van der Waals surface area contributed by atoms with Crippen LogP contribution in [-0.4, -0.2) is 12.4 Å². The molecule has 0 saturated heterocycles. The van der Waals surface area contributed by atoms with E-state index in [0.29, 0.717) is 17.9 Å². The van der Waals surface area contributed by atoms with Gasteiger partial charge in [0.2, 0.25) is 0 Å². The molecule has 0 bridgehead atoms. The molecular weight excluding hydrogens is 190 g/mol. The van der Waals surface area contributed by atoms with Crippen LogP contribution in [0.25, 0.3) is 0 Å². The molecular formula is C12H13NO2. The molecule has 15 heavy (non-hydrogen) atoms. The largest absolute Gasteiger partial charge is 0.493 e. The van der Waals surface area contributed by atoms with Gasteiger partial charge in [0.25, 0.3) is 0 Å². The highest BCUT2D eigenvalue weighted by molar-refractivity contribution is 5.98. The Morgan fingerprint density at radius 1 is 1.47 bits per heavy atom. The van der Waals surface area contributed by atoms with Crippen LogP contribution in [0.15, 0.2) is 24.3 Å². The molecule has 3 heteroatoms. The fraction of sp³-hybridized carbons (Fsp3) is 0.333. The zero-order valence-electron chi connectivity index (χ0n) is 8.69. The number of ketones is 1. The van der Waals surface area contributed by atoms with Gasteiger partial charge in [-0.15, -0.1) is 0 Å². The first kappa shape index (κ1) is 11.3. The lowest BCUT2D eigenvalue weighted by Gasteiger charge is -2.07. The third-order valence-electron chi connectivity index (χ3n) is 1.95. The molecule has 0 atom stereocenters. The Hall–Kier alpha value is -1.82. The van der Waals surface area contributed by atoms with Crippen molar-refractivity contribution in [3.8, 4) is 11.8 Å². The van der Waals surface area contributed by atoms with E-state index in [1.807, 2.05) is 19.1 Å². The summed E-state index contributed by atoms with van der Waals surface area (Å²) in [4.78, 5) is 11.7. The van der Waals surface area contributed by atoms with E-state index in [-0.39, 0.29) is 18.6 Å². The van der Waals surface area contributed by atoms with E-state index in [4.69, 9.17) is 10.00 Å². The summed E-state index contributed by atoms with van der Waals surface area (Å²) in [6, 6.07) is 9.07. The van der Waals surface area contributed by atoms with Crippen molar-refractivity contribution in [3.63, 3.8) is 0 Å². The second kappa shape index (κ2) is 5.82. The minimum Gasteiger partial charge on any atom is -0.493 e. The molecule has 0 spiro atoms. The van der Waals surface area contributed by atoms with Crippen molar-refractivity contribution < 1.29 is 9.53 Å². The smallest absolute Gasteiger partial charge is 0.167 e. The number of nitriles is 1. The summed E-state index contributed by atoms with van der Waals surface area (Å²) in [7, 11) is 0. The number of benzene rings is 1. The van der Waals surface area contributed by atoms with Crippen LogP contribution < -0.4 is 4.74 Å². The summed E-state index contributed by atoms with van der Waals surface area (Å²) >= 11 is 0. The Bertz CT molecular complexity index is 379. The molecule has 0 aliphatic rings. The van der Waals surface area contributed by atoms with Gasteiger partial charge in [0.1, 0.15) is 5.75 Å². The van der Waals surface area contributed by atoms with Gasteiger partial charge < -0.3 is 4.74 Å². The zero-order chi connectivity index (χ0) is 11.1. The number of carbonyl (C=O) groups excluding carboxylic acids is 1. The lowest BCUT2D eigenvalue weighted by atomic mass is 10.1. The first-order chi connectivity index (χ1) is 7.29. The Morgan fingerprint density at radius 3 is 2.87 bits per heavy atom. The fourth-order valence-electron chi connectivity index (χ4n) is 1.28. The summed E-state index contributed by atoms with van der Waals surface area (Å²) in [6.07, 6.45) is 0.500. The van der Waals surface area contributed by atoms with Gasteiger partial charge in [-0.25, -0.2) is 0 Å². The second-order valence-corrected chi connectivity index (χ2v) is 3.01. The van der Waals surface area contributed by atoms with Crippen LogP contribution in [0.5, 0.6) is 5.75 Å². The number of hydrogen-bond acceptors (Lipinski definition) is 3. The Kier molecular flexibility index (Phi) is 4.36. The molecule has 78 valence electrons. The normalized spacial score (nSPS) is 9.33. The van der Waals surface area contributed by atoms with Crippen molar-refractivity contribution in [2.75, 3.05) is 6.61 Å². The second-order valence-electron chi connectivity index (χ2n) is 3.01. The minimum absolute atomic E-state index is 0.0411. The van der Waals surface area contributed by atoms with Crippen LogP contribution in [0, 0.1) is 11.3 Å². The molecule has 0 radical (unpaired) electrons. The molecule has 3 nitrogen and oxygen atoms in total. The molecule has 0 amide bonds. The van der Waals surface area contributed by atoms with Crippen molar-refractivity contribution in [1.29, 1.82) is 5.26 Å². The molecule has 1 aromatic carbocycles. The molecule has 0 aliphatic heterocycles. The zero-order valence-corrected chi connectivity index (χ0v) is 8.69. The highest BCUT2D eigenvalue weighted by Crippen LogP contribution is 2.19. The standard InChI is InChI=1S/C12H13NO2/c1-2-15-12-8-4-3-6-10(12)11(14)7-5-9-13/h3-4,6,8H,2,5,7H2,1H3. The van der Waals surface area contributed by atoms with Gasteiger partial charge in [-0.3, -0.25) is 4.79 Å². The first-order valence-electron chi connectivity index (χ1n) is 4.91. The Labute approximate surface area is 89.3 Å². The van der Waals surface area contributed by atoms with Crippen LogP contribution >= 0.6 is 0 Å². The van der Waals surface area contributed by atoms with Gasteiger partial charge in [-0.1, -0.05) is 12.1 Å². The molecule has 1 rings (SSSR count). The molecule has 0 aliphatic carbocycles. The van der Waals surface area contributed by atoms with Crippen LogP contribution in [-0.2, 0) is 0 Å². The molecule has 0 N–H and O–H groups in total. The van der Waals surface area contributed by atoms with E-state index in [9.17, 15) is 4.79 Å². The third-order valence-corrected chi connectivity index (χ3v) is 1.95. The molecule has 0 saturated carbocycles. The number of nitrogens with zero attached hydrogens (tertiary/aromatic N) is 1. The van der Waals surface area contributed by atoms with E-state index in [1.54, 1.807) is 18.2 Å². The van der Waals surface area contributed by atoms with Crippen LogP contribution in [0.3, 0.4) is 0 Å². The predicted molar refractivity (Wildman–Crippen MR) is 56.8 cm³/mol. The summed E-state index contributed by atoms with van der Waals surface area (Å²) in [6.45, 7) is 2.40. The first-order valence-corrected chi connectivity index (χ1v) is 4.91. The van der Waals surface area contributed by atoms with Gasteiger partial charge in [0.05, 0.1) is 18.2 Å². The van der Waals surface area contributed by atoms with Crippen LogP contribution in [0.1, 0.15) is 30.1 Å². The molecule has 0 fully saturated rings. The topological polar surface area (TPSA) is 50.1 Å². The molecule has 1 aromatic rings. The van der Waals surface area contributed by atoms with Gasteiger partial charge in [0.15, 0.2) is 5.78 Å². The summed E-state index contributed by atoms with van der Waals surface area (Å²) in [5.41, 5.74) is 0.564. The summed E-state index contributed by atoms with van der Waals surface area (Å²) < 4.78 is 5.33. The number of para-hydroxylation sites is 1. The van der Waals surface area contributed by atoms with Gasteiger partial charge in [-0.05, 0) is 19.1 Å². The maximum absolute atomic E-state index is 11.7. The highest BCUT2D eigenvalue weighted by Gasteiger charge is 2.10. The van der Waals surface area contributed by atoms with Gasteiger partial charge in [-0.2, -0.15) is 5.26 Å². The summed E-state index contributed by atoms with van der Waals surface area (Å²) in [5.74, 6) is 0.559. The number of rotatable bonds is 5. The van der Waals surface area contributed by atoms with E-state index in [0.717, 1.165) is 0 Å². The SMILES string of the molecule is CCOc1ccccc1C(=O)CCC#N. The number of hydrogen-bond donors (Lipinski definition) is 0. The van der Waals surface area contributed by atoms with E-state index < -0.39 is 0 Å². The number of carbonyl (C=O) groups is 1. The van der Waals surface area contributed by atoms with Crippen molar-refractivity contribution >= 4 is 5.78 Å². The minimum atomic E-state index is -0.0411. The summed E-state index contributed by atoms with van der Waals surface area (Å²) in [5, 5.41) is 8.40. The Morgan fingerprint density at radius 2 is 2.20 bits per heavy atom. The number of ether oxygens (including phenoxy) is 1. The van der Waals surface area contributed by atoms with Crippen LogP contribution in [0.2, 0.25) is 0 Å². The third kappa shape index (κ3) is 3.10. The molecule has 0 unspecified atom stereocenters. The average Bonchev–Trinajstić information content (AvgIpc) is 2.27. The average molecular weight is 203 g/mol. The van der Waals surface area contributed by atoms with Gasteiger partial charge >= 0.3 is 0 Å². The molecule has 0 heterocycles. The van der Waals surface area contributed by atoms with Gasteiger partial charge in [0, 0.05) is 12.8 Å². The van der Waals surface area contributed by atoms with Crippen molar-refractivity contribution in [2.45, 2.75) is 19.8 Å². The lowest BCUT2D eigenvalue weighted by Crippen LogP contribution is -2.03. The maximum atomic E-state index is 11.7. The van der Waals surface area contributed by atoms with Crippen LogP contribution in [0.4, 0.5) is 0 Å².